The van der Waals surface area contributed by atoms with E-state index in [0.717, 1.165) is 25.7 Å². The van der Waals surface area contributed by atoms with Crippen molar-refractivity contribution in [3.05, 3.63) is 11.4 Å². The molecule has 0 spiro atoms. The van der Waals surface area contributed by atoms with E-state index in [1.807, 2.05) is 13.8 Å². The fourth-order valence-corrected chi connectivity index (χ4v) is 2.82. The number of nitrogens with two attached hydrogens (primary N) is 1. The van der Waals surface area contributed by atoms with E-state index in [1.165, 1.54) is 0 Å². The number of carbonyl (C=O) groups is 1. The van der Waals surface area contributed by atoms with Crippen LogP contribution in [0.15, 0.2) is 0 Å². The van der Waals surface area contributed by atoms with Gasteiger partial charge < -0.3 is 15.7 Å². The van der Waals surface area contributed by atoms with Crippen LogP contribution in [0, 0.1) is 6.92 Å². The Balaban J connectivity index is 2.33. The molecule has 6 heteroatoms. The maximum Gasteiger partial charge on any atom is 0.274 e. The summed E-state index contributed by atoms with van der Waals surface area (Å²) in [4.78, 5) is 14.6. The minimum absolute atomic E-state index is 0.00485. The number of aliphatic hydroxyl groups excluding tert-OH is 1. The first-order valence-electron chi connectivity index (χ1n) is 7.34. The van der Waals surface area contributed by atoms with E-state index in [0.29, 0.717) is 30.2 Å². The van der Waals surface area contributed by atoms with Gasteiger partial charge in [0.2, 0.25) is 0 Å². The zero-order chi connectivity index (χ0) is 14.7. The van der Waals surface area contributed by atoms with Gasteiger partial charge in [-0.2, -0.15) is 5.10 Å². The predicted octanol–water partition coefficient (Wildman–Crippen LogP) is 1.17. The Morgan fingerprint density at radius 3 is 2.85 bits per heavy atom. The fourth-order valence-electron chi connectivity index (χ4n) is 2.82. The average Bonchev–Trinajstić information content (AvgIpc) is 2.64. The Hall–Kier alpha value is -1.56. The lowest BCUT2D eigenvalue weighted by Gasteiger charge is -2.28. The van der Waals surface area contributed by atoms with Gasteiger partial charge in [-0.15, -0.1) is 0 Å². The fraction of sp³-hybridized carbons (Fsp3) is 0.714. The van der Waals surface area contributed by atoms with Crippen LogP contribution in [0.4, 0.5) is 5.69 Å². The zero-order valence-corrected chi connectivity index (χ0v) is 12.3. The van der Waals surface area contributed by atoms with Gasteiger partial charge in [0.05, 0.1) is 24.0 Å². The number of aryl methyl sites for hydroxylation is 2. The third kappa shape index (κ3) is 2.65. The Bertz CT molecular complexity index is 484. The quantitative estimate of drug-likeness (QED) is 0.870. The van der Waals surface area contributed by atoms with Gasteiger partial charge in [0.15, 0.2) is 0 Å². The maximum atomic E-state index is 12.8. The van der Waals surface area contributed by atoms with Crippen molar-refractivity contribution in [1.29, 1.82) is 0 Å². The number of hydrogen-bond acceptors (Lipinski definition) is 4. The molecule has 1 aromatic heterocycles. The van der Waals surface area contributed by atoms with Crippen molar-refractivity contribution in [1.82, 2.24) is 14.7 Å². The number of aromatic nitrogens is 2. The van der Waals surface area contributed by atoms with E-state index >= 15 is 0 Å². The van der Waals surface area contributed by atoms with Crippen LogP contribution < -0.4 is 5.73 Å². The molecule has 1 aromatic rings. The van der Waals surface area contributed by atoms with Gasteiger partial charge in [-0.1, -0.05) is 12.8 Å². The molecule has 2 heterocycles. The highest BCUT2D eigenvalue weighted by molar-refractivity contribution is 5.98. The highest BCUT2D eigenvalue weighted by atomic mass is 16.3. The molecule has 1 atom stereocenters. The van der Waals surface area contributed by atoms with Gasteiger partial charge in [-0.3, -0.25) is 9.48 Å². The summed E-state index contributed by atoms with van der Waals surface area (Å²) in [6.45, 7) is 5.04. The molecule has 0 aromatic carbocycles. The standard InChI is InChI=1S/C14H24N4O2/c1-3-18-13(12(15)10(2)16-18)14(20)17-8-6-4-5-7-11(17)9-19/h11,19H,3-9,15H2,1-2H3. The normalized spacial score (nSPS) is 19.9. The van der Waals surface area contributed by atoms with E-state index in [9.17, 15) is 9.90 Å². The molecule has 1 fully saturated rings. The van der Waals surface area contributed by atoms with E-state index in [1.54, 1.807) is 9.58 Å². The second kappa shape index (κ2) is 6.26. The van der Waals surface area contributed by atoms with Crippen molar-refractivity contribution in [2.24, 2.45) is 0 Å². The third-order valence-corrected chi connectivity index (χ3v) is 4.02. The Morgan fingerprint density at radius 1 is 1.45 bits per heavy atom. The molecule has 0 saturated carbocycles. The minimum Gasteiger partial charge on any atom is -0.395 e. The van der Waals surface area contributed by atoms with Crippen LogP contribution in [-0.2, 0) is 6.54 Å². The Labute approximate surface area is 119 Å². The maximum absolute atomic E-state index is 12.8. The first-order valence-corrected chi connectivity index (χ1v) is 7.34. The molecule has 1 amide bonds. The van der Waals surface area contributed by atoms with Crippen molar-refractivity contribution in [2.45, 2.75) is 52.1 Å². The first-order chi connectivity index (χ1) is 9.60. The lowest BCUT2D eigenvalue weighted by Crippen LogP contribution is -2.43. The van der Waals surface area contributed by atoms with Crippen LogP contribution in [0.25, 0.3) is 0 Å². The Kier molecular flexibility index (Phi) is 4.65. The molecule has 0 radical (unpaired) electrons. The average molecular weight is 280 g/mol. The van der Waals surface area contributed by atoms with Gasteiger partial charge >= 0.3 is 0 Å². The van der Waals surface area contributed by atoms with Gasteiger partial charge in [0.1, 0.15) is 5.69 Å². The lowest BCUT2D eigenvalue weighted by atomic mass is 10.1. The number of likely N-dealkylation sites (tertiary alicyclic amines) is 1. The molecule has 1 aliphatic rings. The Morgan fingerprint density at radius 2 is 2.20 bits per heavy atom. The number of nitrogens with zero attached hydrogens (tertiary/aromatic N) is 3. The number of anilines is 1. The van der Waals surface area contributed by atoms with Crippen molar-refractivity contribution in [3.63, 3.8) is 0 Å². The SMILES string of the molecule is CCn1nc(C)c(N)c1C(=O)N1CCCCCC1CO. The number of aliphatic hydroxyl groups is 1. The van der Waals surface area contributed by atoms with E-state index in [-0.39, 0.29) is 18.6 Å². The summed E-state index contributed by atoms with van der Waals surface area (Å²) >= 11 is 0. The number of carbonyl (C=O) groups excluding carboxylic acids is 1. The third-order valence-electron chi connectivity index (χ3n) is 4.02. The number of amides is 1. The molecule has 1 unspecified atom stereocenters. The van der Waals surface area contributed by atoms with Crippen molar-refractivity contribution >= 4 is 11.6 Å². The highest BCUT2D eigenvalue weighted by Crippen LogP contribution is 2.23. The topological polar surface area (TPSA) is 84.4 Å². The molecule has 1 saturated heterocycles. The molecular formula is C14H24N4O2. The van der Waals surface area contributed by atoms with Crippen LogP contribution in [0.5, 0.6) is 0 Å². The molecule has 3 N–H and O–H groups in total. The second-order valence-corrected chi connectivity index (χ2v) is 5.35. The predicted molar refractivity (Wildman–Crippen MR) is 77.4 cm³/mol. The van der Waals surface area contributed by atoms with Gasteiger partial charge in [0, 0.05) is 13.1 Å². The summed E-state index contributed by atoms with van der Waals surface area (Å²) in [7, 11) is 0. The molecule has 1 aliphatic heterocycles. The molecule has 0 bridgehead atoms. The van der Waals surface area contributed by atoms with Gasteiger partial charge in [-0.05, 0) is 26.7 Å². The van der Waals surface area contributed by atoms with Crippen LogP contribution in [0.1, 0.15) is 48.8 Å². The van der Waals surface area contributed by atoms with Crippen molar-refractivity contribution in [2.75, 3.05) is 18.9 Å². The van der Waals surface area contributed by atoms with Crippen LogP contribution in [0.3, 0.4) is 0 Å². The van der Waals surface area contributed by atoms with Crippen molar-refractivity contribution in [3.8, 4) is 0 Å². The molecule has 0 aliphatic carbocycles. The van der Waals surface area contributed by atoms with Crippen LogP contribution in [0.2, 0.25) is 0 Å². The van der Waals surface area contributed by atoms with Gasteiger partial charge in [0.25, 0.3) is 5.91 Å². The molecule has 2 rings (SSSR count). The number of rotatable bonds is 3. The monoisotopic (exact) mass is 280 g/mol. The van der Waals surface area contributed by atoms with Gasteiger partial charge in [-0.25, -0.2) is 0 Å². The molecule has 20 heavy (non-hydrogen) atoms. The number of hydrogen-bond donors (Lipinski definition) is 2. The van der Waals surface area contributed by atoms with Crippen LogP contribution >= 0.6 is 0 Å². The summed E-state index contributed by atoms with van der Waals surface area (Å²) in [5.41, 5.74) is 7.62. The number of nitrogen functional groups attached to an aromatic ring is 1. The summed E-state index contributed by atoms with van der Waals surface area (Å²) in [6.07, 6.45) is 3.97. The molecule has 6 nitrogen and oxygen atoms in total. The van der Waals surface area contributed by atoms with Crippen molar-refractivity contribution < 1.29 is 9.90 Å². The zero-order valence-electron chi connectivity index (χ0n) is 12.3. The summed E-state index contributed by atoms with van der Waals surface area (Å²) < 4.78 is 1.66. The summed E-state index contributed by atoms with van der Waals surface area (Å²) in [6, 6.07) is -0.107. The largest absolute Gasteiger partial charge is 0.395 e. The lowest BCUT2D eigenvalue weighted by molar-refractivity contribution is 0.0588. The van der Waals surface area contributed by atoms with E-state index < -0.39 is 0 Å². The van der Waals surface area contributed by atoms with E-state index in [4.69, 9.17) is 5.73 Å². The first kappa shape index (κ1) is 14.8. The minimum atomic E-state index is -0.107. The highest BCUT2D eigenvalue weighted by Gasteiger charge is 2.30. The molecule has 112 valence electrons. The van der Waals surface area contributed by atoms with E-state index in [2.05, 4.69) is 5.10 Å². The molecular weight excluding hydrogens is 256 g/mol. The van der Waals surface area contributed by atoms with Crippen LogP contribution in [-0.4, -0.2) is 44.9 Å². The smallest absolute Gasteiger partial charge is 0.274 e. The summed E-state index contributed by atoms with van der Waals surface area (Å²) in [5, 5.41) is 13.8. The summed E-state index contributed by atoms with van der Waals surface area (Å²) in [5.74, 6) is -0.106. The second-order valence-electron chi connectivity index (χ2n) is 5.35.